The molecule has 1 fully saturated rings. The van der Waals surface area contributed by atoms with Gasteiger partial charge in [-0.2, -0.15) is 0 Å². The van der Waals surface area contributed by atoms with E-state index in [1.54, 1.807) is 11.3 Å². The molecule has 21 heavy (non-hydrogen) atoms. The van der Waals surface area contributed by atoms with Gasteiger partial charge in [-0.05, 0) is 23.6 Å². The third kappa shape index (κ3) is 3.93. The fraction of sp³-hybridized carbons (Fsp3) is 0.562. The summed E-state index contributed by atoms with van der Waals surface area (Å²) in [5.41, 5.74) is 4.37. The molecular weight excluding hydrogens is 282 g/mol. The first-order valence-electron chi connectivity index (χ1n) is 7.50. The zero-order chi connectivity index (χ0) is 14.7. The lowest BCUT2D eigenvalue weighted by Gasteiger charge is -2.35. The van der Waals surface area contributed by atoms with Gasteiger partial charge in [-0.25, -0.2) is 4.98 Å². The van der Waals surface area contributed by atoms with Crippen molar-refractivity contribution in [3.05, 3.63) is 23.7 Å². The maximum Gasteiger partial charge on any atom is 0.0832 e. The lowest BCUT2D eigenvalue weighted by Crippen LogP contribution is -2.44. The van der Waals surface area contributed by atoms with Crippen LogP contribution in [0.25, 0.3) is 10.2 Å². The largest absolute Gasteiger partial charge is 0.384 e. The molecule has 0 amide bonds. The molecule has 1 aliphatic heterocycles. The highest BCUT2D eigenvalue weighted by molar-refractivity contribution is 7.16. The Morgan fingerprint density at radius 1 is 1.33 bits per heavy atom. The van der Waals surface area contributed by atoms with Crippen LogP contribution in [0.15, 0.2) is 23.7 Å². The van der Waals surface area contributed by atoms with E-state index in [9.17, 15) is 0 Å². The van der Waals surface area contributed by atoms with E-state index in [1.807, 2.05) is 5.51 Å². The standard InChI is InChI=1S/C16H23N3OS/c1-16(2,11-19-5-7-20-8-6-19)10-17-13-3-4-15-14(9-13)18-12-21-15/h3-4,9,12,17H,5-8,10-11H2,1-2H3. The van der Waals surface area contributed by atoms with Crippen LogP contribution < -0.4 is 5.32 Å². The second-order valence-electron chi connectivity index (χ2n) is 6.44. The summed E-state index contributed by atoms with van der Waals surface area (Å²) in [6.07, 6.45) is 0. The molecule has 114 valence electrons. The number of nitrogens with one attached hydrogen (secondary N) is 1. The molecule has 1 saturated heterocycles. The van der Waals surface area contributed by atoms with E-state index >= 15 is 0 Å². The molecule has 1 aliphatic rings. The van der Waals surface area contributed by atoms with Crippen molar-refractivity contribution in [3.63, 3.8) is 0 Å². The van der Waals surface area contributed by atoms with E-state index < -0.39 is 0 Å². The topological polar surface area (TPSA) is 37.4 Å². The minimum atomic E-state index is 0.231. The second kappa shape index (κ2) is 6.30. The molecule has 3 rings (SSSR count). The third-order valence-corrected chi connectivity index (χ3v) is 4.67. The molecular formula is C16H23N3OS. The molecule has 0 unspecified atom stereocenters. The summed E-state index contributed by atoms with van der Waals surface area (Å²) >= 11 is 1.69. The van der Waals surface area contributed by atoms with E-state index in [0.29, 0.717) is 0 Å². The predicted octanol–water partition coefficient (Wildman–Crippen LogP) is 3.07. The fourth-order valence-electron chi connectivity index (χ4n) is 2.73. The number of benzene rings is 1. The lowest BCUT2D eigenvalue weighted by atomic mass is 9.92. The van der Waals surface area contributed by atoms with Gasteiger partial charge in [-0.1, -0.05) is 13.8 Å². The average molecular weight is 305 g/mol. The summed E-state index contributed by atoms with van der Waals surface area (Å²) in [4.78, 5) is 6.87. The number of anilines is 1. The van der Waals surface area contributed by atoms with Crippen LogP contribution in [0.4, 0.5) is 5.69 Å². The van der Waals surface area contributed by atoms with E-state index in [4.69, 9.17) is 4.74 Å². The molecule has 0 saturated carbocycles. The number of hydrogen-bond donors (Lipinski definition) is 1. The number of ether oxygens (including phenoxy) is 1. The average Bonchev–Trinajstić information content (AvgIpc) is 2.93. The molecule has 0 radical (unpaired) electrons. The minimum Gasteiger partial charge on any atom is -0.384 e. The van der Waals surface area contributed by atoms with Crippen LogP contribution >= 0.6 is 11.3 Å². The van der Waals surface area contributed by atoms with Gasteiger partial charge in [-0.3, -0.25) is 4.90 Å². The first-order valence-corrected chi connectivity index (χ1v) is 8.38. The maximum atomic E-state index is 5.41. The van der Waals surface area contributed by atoms with Crippen LogP contribution in [0, 0.1) is 5.41 Å². The Morgan fingerprint density at radius 2 is 2.14 bits per heavy atom. The van der Waals surface area contributed by atoms with Gasteiger partial charge in [0.1, 0.15) is 0 Å². The Hall–Kier alpha value is -1.17. The van der Waals surface area contributed by atoms with Crippen LogP contribution in [0.1, 0.15) is 13.8 Å². The van der Waals surface area contributed by atoms with Gasteiger partial charge < -0.3 is 10.1 Å². The van der Waals surface area contributed by atoms with Gasteiger partial charge >= 0.3 is 0 Å². The zero-order valence-corrected chi connectivity index (χ0v) is 13.6. The zero-order valence-electron chi connectivity index (χ0n) is 12.8. The highest BCUT2D eigenvalue weighted by Gasteiger charge is 2.23. The number of fused-ring (bicyclic) bond motifs is 1. The van der Waals surface area contributed by atoms with Gasteiger partial charge in [0.2, 0.25) is 0 Å². The first kappa shape index (κ1) is 14.8. The van der Waals surface area contributed by atoms with E-state index in [1.165, 1.54) is 4.70 Å². The molecule has 1 N–H and O–H groups in total. The van der Waals surface area contributed by atoms with Crippen molar-refractivity contribution in [1.82, 2.24) is 9.88 Å². The molecule has 0 atom stereocenters. The molecule has 4 nitrogen and oxygen atoms in total. The molecule has 2 aromatic rings. The molecule has 0 spiro atoms. The van der Waals surface area contributed by atoms with Crippen molar-refractivity contribution in [1.29, 1.82) is 0 Å². The molecule has 1 aromatic heterocycles. The number of thiazole rings is 1. The number of nitrogens with zero attached hydrogens (tertiary/aromatic N) is 2. The molecule has 2 heterocycles. The van der Waals surface area contributed by atoms with Crippen molar-refractivity contribution in [3.8, 4) is 0 Å². The van der Waals surface area contributed by atoms with E-state index in [2.05, 4.69) is 47.2 Å². The Morgan fingerprint density at radius 3 is 2.95 bits per heavy atom. The van der Waals surface area contributed by atoms with Crippen molar-refractivity contribution in [2.75, 3.05) is 44.7 Å². The lowest BCUT2D eigenvalue weighted by molar-refractivity contribution is 0.0229. The highest BCUT2D eigenvalue weighted by Crippen LogP contribution is 2.23. The van der Waals surface area contributed by atoms with Gasteiger partial charge in [0.15, 0.2) is 0 Å². The number of rotatable bonds is 5. The van der Waals surface area contributed by atoms with E-state index in [-0.39, 0.29) is 5.41 Å². The summed E-state index contributed by atoms with van der Waals surface area (Å²) in [6.45, 7) is 10.5. The van der Waals surface area contributed by atoms with Crippen molar-refractivity contribution >= 4 is 27.2 Å². The van der Waals surface area contributed by atoms with Crippen molar-refractivity contribution in [2.45, 2.75) is 13.8 Å². The minimum absolute atomic E-state index is 0.231. The fourth-order valence-corrected chi connectivity index (χ4v) is 3.39. The Labute approximate surface area is 130 Å². The van der Waals surface area contributed by atoms with Crippen LogP contribution in [-0.2, 0) is 4.74 Å². The van der Waals surface area contributed by atoms with Gasteiger partial charge in [0.25, 0.3) is 0 Å². The van der Waals surface area contributed by atoms with Crippen LogP contribution in [0.2, 0.25) is 0 Å². The maximum absolute atomic E-state index is 5.41. The summed E-state index contributed by atoms with van der Waals surface area (Å²) < 4.78 is 6.66. The first-order chi connectivity index (χ1) is 10.1. The number of morpholine rings is 1. The summed E-state index contributed by atoms with van der Waals surface area (Å²) in [6, 6.07) is 6.42. The van der Waals surface area contributed by atoms with Crippen LogP contribution in [-0.4, -0.2) is 49.3 Å². The van der Waals surface area contributed by atoms with Crippen molar-refractivity contribution in [2.24, 2.45) is 5.41 Å². The quantitative estimate of drug-likeness (QED) is 0.921. The number of aromatic nitrogens is 1. The molecule has 1 aromatic carbocycles. The summed E-state index contributed by atoms with van der Waals surface area (Å²) in [5.74, 6) is 0. The summed E-state index contributed by atoms with van der Waals surface area (Å²) in [5, 5.41) is 3.56. The van der Waals surface area contributed by atoms with Crippen LogP contribution in [0.5, 0.6) is 0 Å². The molecule has 0 bridgehead atoms. The van der Waals surface area contributed by atoms with Gasteiger partial charge in [0, 0.05) is 31.9 Å². The SMILES string of the molecule is CC(C)(CNc1ccc2scnc2c1)CN1CCOCC1. The normalized spacial score (nSPS) is 17.2. The Kier molecular flexibility index (Phi) is 4.42. The Balaban J connectivity index is 1.57. The summed E-state index contributed by atoms with van der Waals surface area (Å²) in [7, 11) is 0. The molecule has 0 aliphatic carbocycles. The van der Waals surface area contributed by atoms with Crippen molar-refractivity contribution < 1.29 is 4.74 Å². The highest BCUT2D eigenvalue weighted by atomic mass is 32.1. The van der Waals surface area contributed by atoms with Gasteiger partial charge in [0.05, 0.1) is 28.9 Å². The predicted molar refractivity (Wildman–Crippen MR) is 89.1 cm³/mol. The number of hydrogen-bond acceptors (Lipinski definition) is 5. The van der Waals surface area contributed by atoms with E-state index in [0.717, 1.165) is 50.6 Å². The second-order valence-corrected chi connectivity index (χ2v) is 7.33. The van der Waals surface area contributed by atoms with Gasteiger partial charge in [-0.15, -0.1) is 11.3 Å². The monoisotopic (exact) mass is 305 g/mol. The third-order valence-electron chi connectivity index (χ3n) is 3.86. The molecule has 5 heteroatoms. The van der Waals surface area contributed by atoms with Crippen LogP contribution in [0.3, 0.4) is 0 Å². The smallest absolute Gasteiger partial charge is 0.0832 e. The Bertz CT molecular complexity index is 590.